The van der Waals surface area contributed by atoms with Gasteiger partial charge in [0.2, 0.25) is 0 Å². The van der Waals surface area contributed by atoms with Gasteiger partial charge >= 0.3 is 12.1 Å². The highest BCUT2D eigenvalue weighted by Gasteiger charge is 2.19. The van der Waals surface area contributed by atoms with Gasteiger partial charge in [0.1, 0.15) is 11.3 Å². The van der Waals surface area contributed by atoms with Crippen molar-refractivity contribution in [2.45, 2.75) is 46.3 Å². The highest BCUT2D eigenvalue weighted by molar-refractivity contribution is 5.89. The fourth-order valence-electron chi connectivity index (χ4n) is 3.79. The van der Waals surface area contributed by atoms with E-state index in [0.29, 0.717) is 30.9 Å². The summed E-state index contributed by atoms with van der Waals surface area (Å²) in [5, 5.41) is 8.43. The van der Waals surface area contributed by atoms with Gasteiger partial charge in [0, 0.05) is 42.0 Å². The van der Waals surface area contributed by atoms with Crippen molar-refractivity contribution in [3.8, 4) is 22.5 Å². The first-order valence-corrected chi connectivity index (χ1v) is 12.3. The second-order valence-electron chi connectivity index (χ2n) is 9.49. The van der Waals surface area contributed by atoms with Gasteiger partial charge in [-0.25, -0.2) is 9.59 Å². The molecule has 0 aliphatic rings. The summed E-state index contributed by atoms with van der Waals surface area (Å²) in [5.74, 6) is -0.450. The summed E-state index contributed by atoms with van der Waals surface area (Å²) in [6.45, 7) is 8.24. The number of carbonyl (C=O) groups excluding carboxylic acids is 2. The largest absolute Gasteiger partial charge is 0.461 e. The van der Waals surface area contributed by atoms with Gasteiger partial charge < -0.3 is 14.8 Å². The molecule has 37 heavy (non-hydrogen) atoms. The average Bonchev–Trinajstić information content (AvgIpc) is 3.30. The number of hydrogen-bond acceptors (Lipinski definition) is 7. The zero-order valence-electron chi connectivity index (χ0n) is 21.5. The number of fused-ring (bicyclic) bond motifs is 1. The molecule has 0 bridgehead atoms. The topological polar surface area (TPSA) is 108 Å². The predicted molar refractivity (Wildman–Crippen MR) is 141 cm³/mol. The standard InChI is InChI=1S/C28H31N5O4/c1-5-36-26(34)25-17-24(32-33(25)14-8-12-30-27(35)37-28(2,3)4)20-11-13-29-23(16-20)21-15-19-9-6-7-10-22(19)31-18-21/h6-7,9-11,13,15-18H,5,8,12,14H2,1-4H3,(H,30,35). The molecule has 0 saturated heterocycles. The van der Waals surface area contributed by atoms with Gasteiger partial charge in [0.25, 0.3) is 0 Å². The number of nitrogens with zero attached hydrogens (tertiary/aromatic N) is 4. The van der Waals surface area contributed by atoms with Crippen molar-refractivity contribution in [3.05, 3.63) is 66.6 Å². The van der Waals surface area contributed by atoms with Crippen LogP contribution in [0, 0.1) is 0 Å². The summed E-state index contributed by atoms with van der Waals surface area (Å²) in [6.07, 6.45) is 3.59. The molecule has 0 atom stereocenters. The van der Waals surface area contributed by atoms with Crippen LogP contribution in [0.25, 0.3) is 33.4 Å². The minimum Gasteiger partial charge on any atom is -0.461 e. The van der Waals surface area contributed by atoms with E-state index in [1.807, 2.05) is 57.2 Å². The Balaban J connectivity index is 1.54. The number of benzene rings is 1. The van der Waals surface area contributed by atoms with E-state index in [0.717, 1.165) is 27.7 Å². The lowest BCUT2D eigenvalue weighted by molar-refractivity contribution is 0.0501. The molecule has 1 aromatic carbocycles. The summed E-state index contributed by atoms with van der Waals surface area (Å²) >= 11 is 0. The lowest BCUT2D eigenvalue weighted by Gasteiger charge is -2.19. The second-order valence-corrected chi connectivity index (χ2v) is 9.49. The van der Waals surface area contributed by atoms with Crippen LogP contribution in [0.3, 0.4) is 0 Å². The number of esters is 1. The monoisotopic (exact) mass is 501 g/mol. The van der Waals surface area contributed by atoms with Crippen molar-refractivity contribution < 1.29 is 19.1 Å². The fraction of sp³-hybridized carbons (Fsp3) is 0.321. The zero-order chi connectivity index (χ0) is 26.4. The number of aromatic nitrogens is 4. The van der Waals surface area contributed by atoms with E-state index in [9.17, 15) is 9.59 Å². The number of ether oxygens (including phenoxy) is 2. The molecule has 1 amide bonds. The fourth-order valence-corrected chi connectivity index (χ4v) is 3.79. The van der Waals surface area contributed by atoms with Crippen LogP contribution >= 0.6 is 0 Å². The van der Waals surface area contributed by atoms with Crippen LogP contribution in [0.2, 0.25) is 0 Å². The first kappa shape index (κ1) is 25.8. The number of carbonyl (C=O) groups is 2. The number of rotatable bonds is 8. The van der Waals surface area contributed by atoms with Gasteiger partial charge in [0.05, 0.1) is 23.5 Å². The lowest BCUT2D eigenvalue weighted by atomic mass is 10.1. The quantitative estimate of drug-likeness (QED) is 0.259. The Morgan fingerprint density at radius 2 is 1.81 bits per heavy atom. The van der Waals surface area contributed by atoms with Crippen molar-refractivity contribution >= 4 is 23.0 Å². The summed E-state index contributed by atoms with van der Waals surface area (Å²) in [6, 6.07) is 15.5. The predicted octanol–water partition coefficient (Wildman–Crippen LogP) is 5.25. The maximum Gasteiger partial charge on any atom is 0.407 e. The maximum absolute atomic E-state index is 12.6. The number of para-hydroxylation sites is 1. The number of pyridine rings is 2. The Bertz CT molecular complexity index is 1410. The molecule has 0 saturated carbocycles. The Labute approximate surface area is 215 Å². The van der Waals surface area contributed by atoms with Crippen LogP contribution in [0.5, 0.6) is 0 Å². The number of amides is 1. The molecule has 0 radical (unpaired) electrons. The number of alkyl carbamates (subject to hydrolysis) is 1. The summed E-state index contributed by atoms with van der Waals surface area (Å²) < 4.78 is 12.1. The first-order chi connectivity index (χ1) is 17.7. The van der Waals surface area contributed by atoms with Crippen LogP contribution in [0.4, 0.5) is 4.79 Å². The van der Waals surface area contributed by atoms with Gasteiger partial charge in [-0.15, -0.1) is 0 Å². The number of nitrogens with one attached hydrogen (secondary N) is 1. The maximum atomic E-state index is 12.6. The van der Waals surface area contributed by atoms with E-state index in [2.05, 4.69) is 26.4 Å². The summed E-state index contributed by atoms with van der Waals surface area (Å²) in [5.41, 5.74) is 3.78. The normalized spacial score (nSPS) is 11.4. The third-order valence-electron chi connectivity index (χ3n) is 5.42. The average molecular weight is 502 g/mol. The van der Waals surface area contributed by atoms with Crippen LogP contribution in [-0.2, 0) is 16.0 Å². The molecule has 4 aromatic rings. The lowest BCUT2D eigenvalue weighted by Crippen LogP contribution is -2.33. The molecule has 4 rings (SSSR count). The van der Waals surface area contributed by atoms with Gasteiger partial charge in [-0.2, -0.15) is 5.10 Å². The van der Waals surface area contributed by atoms with Gasteiger partial charge in [-0.05, 0) is 64.4 Å². The van der Waals surface area contributed by atoms with Gasteiger partial charge in [0.15, 0.2) is 0 Å². The van der Waals surface area contributed by atoms with E-state index in [4.69, 9.17) is 9.47 Å². The molecule has 0 fully saturated rings. The van der Waals surface area contributed by atoms with Crippen molar-refractivity contribution in [1.29, 1.82) is 0 Å². The van der Waals surface area contributed by atoms with Crippen molar-refractivity contribution in [3.63, 3.8) is 0 Å². The van der Waals surface area contributed by atoms with Crippen LogP contribution in [0.15, 0.2) is 60.9 Å². The molecule has 9 heteroatoms. The highest BCUT2D eigenvalue weighted by atomic mass is 16.6. The third kappa shape index (κ3) is 6.69. The molecular weight excluding hydrogens is 470 g/mol. The van der Waals surface area contributed by atoms with E-state index in [-0.39, 0.29) is 6.61 Å². The highest BCUT2D eigenvalue weighted by Crippen LogP contribution is 2.26. The molecule has 9 nitrogen and oxygen atoms in total. The van der Waals surface area contributed by atoms with E-state index in [1.165, 1.54) is 0 Å². The van der Waals surface area contributed by atoms with Crippen LogP contribution < -0.4 is 5.32 Å². The minimum absolute atomic E-state index is 0.258. The molecule has 3 aromatic heterocycles. The summed E-state index contributed by atoms with van der Waals surface area (Å²) in [4.78, 5) is 33.6. The van der Waals surface area contributed by atoms with Crippen LogP contribution in [-0.4, -0.2) is 50.6 Å². The van der Waals surface area contributed by atoms with E-state index < -0.39 is 17.7 Å². The first-order valence-electron chi connectivity index (χ1n) is 12.3. The zero-order valence-corrected chi connectivity index (χ0v) is 21.5. The number of hydrogen-bond donors (Lipinski definition) is 1. The molecule has 0 aliphatic heterocycles. The minimum atomic E-state index is -0.565. The van der Waals surface area contributed by atoms with E-state index in [1.54, 1.807) is 30.1 Å². The molecule has 0 unspecified atom stereocenters. The Hall–Kier alpha value is -4.27. The summed E-state index contributed by atoms with van der Waals surface area (Å²) in [7, 11) is 0. The van der Waals surface area contributed by atoms with Crippen molar-refractivity contribution in [1.82, 2.24) is 25.1 Å². The SMILES string of the molecule is CCOC(=O)c1cc(-c2ccnc(-c3cnc4ccccc4c3)c2)nn1CCCNC(=O)OC(C)(C)C. The smallest absolute Gasteiger partial charge is 0.407 e. The van der Waals surface area contributed by atoms with Crippen LogP contribution in [0.1, 0.15) is 44.6 Å². The van der Waals surface area contributed by atoms with Gasteiger partial charge in [-0.1, -0.05) is 18.2 Å². The van der Waals surface area contributed by atoms with Crippen molar-refractivity contribution in [2.24, 2.45) is 0 Å². The second kappa shape index (κ2) is 11.2. The third-order valence-corrected chi connectivity index (χ3v) is 5.42. The van der Waals surface area contributed by atoms with E-state index >= 15 is 0 Å². The molecule has 1 N–H and O–H groups in total. The Kier molecular flexibility index (Phi) is 7.81. The van der Waals surface area contributed by atoms with Crippen molar-refractivity contribution in [2.75, 3.05) is 13.2 Å². The molecular formula is C28H31N5O4. The molecule has 192 valence electrons. The Morgan fingerprint density at radius 1 is 1.00 bits per heavy atom. The number of aryl methyl sites for hydroxylation is 1. The molecule has 0 aliphatic carbocycles. The molecule has 3 heterocycles. The Morgan fingerprint density at radius 3 is 2.59 bits per heavy atom. The van der Waals surface area contributed by atoms with Gasteiger partial charge in [-0.3, -0.25) is 14.6 Å². The molecule has 0 spiro atoms.